The smallest absolute Gasteiger partial charge is 0.242 e. The molecule has 1 aromatic rings. The summed E-state index contributed by atoms with van der Waals surface area (Å²) in [5.74, 6) is -0.265. The van der Waals surface area contributed by atoms with Crippen molar-refractivity contribution >= 4 is 35.3 Å². The van der Waals surface area contributed by atoms with E-state index in [1.807, 2.05) is 0 Å². The lowest BCUT2D eigenvalue weighted by atomic mass is 10.2. The molecule has 1 aromatic carbocycles. The Morgan fingerprint density at radius 2 is 1.94 bits per heavy atom. The number of hydrazone groups is 1. The summed E-state index contributed by atoms with van der Waals surface area (Å²) in [5.41, 5.74) is 2.99. The molecule has 5 heteroatoms. The van der Waals surface area contributed by atoms with Gasteiger partial charge in [0.05, 0.1) is 16.3 Å². The maximum Gasteiger partial charge on any atom is 0.242 e. The van der Waals surface area contributed by atoms with Crippen LogP contribution in [0.2, 0.25) is 10.0 Å². The van der Waals surface area contributed by atoms with Crippen molar-refractivity contribution in [3.05, 3.63) is 33.8 Å². The van der Waals surface area contributed by atoms with Crippen molar-refractivity contribution in [1.82, 2.24) is 5.43 Å². The van der Waals surface area contributed by atoms with E-state index in [2.05, 4.69) is 10.5 Å². The van der Waals surface area contributed by atoms with E-state index in [1.54, 1.807) is 32.0 Å². The largest absolute Gasteiger partial charge is 0.273 e. The van der Waals surface area contributed by atoms with Crippen LogP contribution in [0.1, 0.15) is 19.4 Å². The van der Waals surface area contributed by atoms with Crippen LogP contribution >= 0.6 is 23.2 Å². The van der Waals surface area contributed by atoms with Gasteiger partial charge in [0, 0.05) is 11.5 Å². The SMILES string of the molecule is CC(C)C(=O)N/N=C\c1c(Cl)cccc1Cl. The number of carbonyl (C=O) groups excluding carboxylic acids is 1. The van der Waals surface area contributed by atoms with Gasteiger partial charge in [-0.1, -0.05) is 43.1 Å². The number of rotatable bonds is 3. The van der Waals surface area contributed by atoms with Gasteiger partial charge in [0.25, 0.3) is 0 Å². The number of hydrogen-bond donors (Lipinski definition) is 1. The molecule has 3 nitrogen and oxygen atoms in total. The van der Waals surface area contributed by atoms with Crippen LogP contribution in [-0.2, 0) is 4.79 Å². The number of nitrogens with one attached hydrogen (secondary N) is 1. The lowest BCUT2D eigenvalue weighted by molar-refractivity contribution is -0.123. The summed E-state index contributed by atoms with van der Waals surface area (Å²) < 4.78 is 0. The molecule has 1 rings (SSSR count). The topological polar surface area (TPSA) is 41.5 Å². The number of nitrogens with zero attached hydrogens (tertiary/aromatic N) is 1. The molecule has 0 unspecified atom stereocenters. The highest BCUT2D eigenvalue weighted by molar-refractivity contribution is 6.38. The maximum atomic E-state index is 11.2. The Morgan fingerprint density at radius 3 is 2.44 bits per heavy atom. The quantitative estimate of drug-likeness (QED) is 0.657. The highest BCUT2D eigenvalue weighted by Gasteiger charge is 2.05. The molecule has 0 fully saturated rings. The highest BCUT2D eigenvalue weighted by Crippen LogP contribution is 2.21. The predicted octanol–water partition coefficient (Wildman–Crippen LogP) is 3.10. The zero-order valence-corrected chi connectivity index (χ0v) is 10.5. The number of hydrogen-bond acceptors (Lipinski definition) is 2. The standard InChI is InChI=1S/C11H12Cl2N2O/c1-7(2)11(16)15-14-6-8-9(12)4-3-5-10(8)13/h3-7H,1-2H3,(H,15,16)/b14-6-. The minimum absolute atomic E-state index is 0.112. The summed E-state index contributed by atoms with van der Waals surface area (Å²) in [6.07, 6.45) is 1.44. The van der Waals surface area contributed by atoms with E-state index in [0.717, 1.165) is 0 Å². The number of benzene rings is 1. The van der Waals surface area contributed by atoms with Gasteiger partial charge in [0.2, 0.25) is 5.91 Å². The van der Waals surface area contributed by atoms with Gasteiger partial charge in [-0.05, 0) is 12.1 Å². The molecule has 16 heavy (non-hydrogen) atoms. The number of carbonyl (C=O) groups is 1. The first-order valence-corrected chi connectivity index (χ1v) is 5.55. The normalized spacial score (nSPS) is 11.1. The second-order valence-corrected chi connectivity index (χ2v) is 4.34. The van der Waals surface area contributed by atoms with Crippen molar-refractivity contribution in [3.8, 4) is 0 Å². The van der Waals surface area contributed by atoms with Gasteiger partial charge in [-0.15, -0.1) is 0 Å². The van der Waals surface area contributed by atoms with Gasteiger partial charge < -0.3 is 0 Å². The minimum atomic E-state index is -0.153. The summed E-state index contributed by atoms with van der Waals surface area (Å²) in [6.45, 7) is 3.57. The molecule has 0 aliphatic carbocycles. The zero-order chi connectivity index (χ0) is 12.1. The third-order valence-electron chi connectivity index (χ3n) is 1.89. The van der Waals surface area contributed by atoms with Gasteiger partial charge in [0.1, 0.15) is 0 Å². The molecule has 0 saturated heterocycles. The molecule has 1 N–H and O–H groups in total. The summed E-state index contributed by atoms with van der Waals surface area (Å²) in [6, 6.07) is 5.16. The first-order chi connectivity index (χ1) is 7.52. The van der Waals surface area contributed by atoms with Gasteiger partial charge in [-0.2, -0.15) is 5.10 Å². The van der Waals surface area contributed by atoms with Crippen LogP contribution in [-0.4, -0.2) is 12.1 Å². The molecule has 0 bridgehead atoms. The average molecular weight is 259 g/mol. The van der Waals surface area contributed by atoms with E-state index < -0.39 is 0 Å². The predicted molar refractivity (Wildman–Crippen MR) is 67.0 cm³/mol. The summed E-state index contributed by atoms with van der Waals surface area (Å²) in [5, 5.41) is 4.78. The van der Waals surface area contributed by atoms with E-state index in [9.17, 15) is 4.79 Å². The fourth-order valence-electron chi connectivity index (χ4n) is 0.924. The van der Waals surface area contributed by atoms with Crippen LogP contribution in [0.25, 0.3) is 0 Å². The molecule has 0 aromatic heterocycles. The Bertz CT molecular complexity index is 396. The molecule has 0 aliphatic heterocycles. The molecule has 0 spiro atoms. The van der Waals surface area contributed by atoms with E-state index >= 15 is 0 Å². The van der Waals surface area contributed by atoms with Gasteiger partial charge in [-0.3, -0.25) is 4.79 Å². The van der Waals surface area contributed by atoms with Crippen LogP contribution in [0, 0.1) is 5.92 Å². The van der Waals surface area contributed by atoms with Crippen LogP contribution in [0.3, 0.4) is 0 Å². The monoisotopic (exact) mass is 258 g/mol. The van der Waals surface area contributed by atoms with Crippen molar-refractivity contribution in [1.29, 1.82) is 0 Å². The summed E-state index contributed by atoms with van der Waals surface area (Å²) in [7, 11) is 0. The lowest BCUT2D eigenvalue weighted by Gasteiger charge is -2.03. The first kappa shape index (κ1) is 13.0. The maximum absolute atomic E-state index is 11.2. The van der Waals surface area contributed by atoms with E-state index in [-0.39, 0.29) is 11.8 Å². The fourth-order valence-corrected chi connectivity index (χ4v) is 1.42. The van der Waals surface area contributed by atoms with Crippen molar-refractivity contribution in [2.24, 2.45) is 11.0 Å². The third kappa shape index (κ3) is 3.51. The number of halogens is 2. The molecular weight excluding hydrogens is 247 g/mol. The Morgan fingerprint density at radius 1 is 1.38 bits per heavy atom. The highest BCUT2D eigenvalue weighted by atomic mass is 35.5. The Hall–Kier alpha value is -1.06. The molecule has 1 amide bonds. The first-order valence-electron chi connectivity index (χ1n) is 4.79. The third-order valence-corrected chi connectivity index (χ3v) is 2.55. The molecule has 0 radical (unpaired) electrons. The summed E-state index contributed by atoms with van der Waals surface area (Å²) >= 11 is 11.8. The van der Waals surface area contributed by atoms with Gasteiger partial charge >= 0.3 is 0 Å². The van der Waals surface area contributed by atoms with Gasteiger partial charge in [-0.25, -0.2) is 5.43 Å². The van der Waals surface area contributed by atoms with Crippen LogP contribution in [0.15, 0.2) is 23.3 Å². The number of amides is 1. The zero-order valence-electron chi connectivity index (χ0n) is 9.00. The molecule has 0 atom stereocenters. The fraction of sp³-hybridized carbons (Fsp3) is 0.273. The second kappa shape index (κ2) is 5.87. The minimum Gasteiger partial charge on any atom is -0.273 e. The van der Waals surface area contributed by atoms with Gasteiger partial charge in [0.15, 0.2) is 0 Å². The van der Waals surface area contributed by atoms with Crippen molar-refractivity contribution < 1.29 is 4.79 Å². The Labute approximate surface area is 104 Å². The molecule has 0 saturated carbocycles. The lowest BCUT2D eigenvalue weighted by Crippen LogP contribution is -2.22. The van der Waals surface area contributed by atoms with Crippen molar-refractivity contribution in [2.45, 2.75) is 13.8 Å². The Kier molecular flexibility index (Phi) is 4.77. The summed E-state index contributed by atoms with van der Waals surface area (Å²) in [4.78, 5) is 11.2. The van der Waals surface area contributed by atoms with E-state index in [0.29, 0.717) is 15.6 Å². The van der Waals surface area contributed by atoms with Crippen LogP contribution in [0.5, 0.6) is 0 Å². The van der Waals surface area contributed by atoms with E-state index in [4.69, 9.17) is 23.2 Å². The molecule has 0 heterocycles. The molecular formula is C11H12Cl2N2O. The molecule has 86 valence electrons. The van der Waals surface area contributed by atoms with Crippen LogP contribution < -0.4 is 5.43 Å². The van der Waals surface area contributed by atoms with Crippen molar-refractivity contribution in [3.63, 3.8) is 0 Å². The Balaban J connectivity index is 2.74. The van der Waals surface area contributed by atoms with E-state index in [1.165, 1.54) is 6.21 Å². The van der Waals surface area contributed by atoms with Crippen molar-refractivity contribution in [2.75, 3.05) is 0 Å². The average Bonchev–Trinajstić information content (AvgIpc) is 2.22. The second-order valence-electron chi connectivity index (χ2n) is 3.52. The molecule has 0 aliphatic rings. The van der Waals surface area contributed by atoms with Crippen LogP contribution in [0.4, 0.5) is 0 Å².